The number of amides is 2. The molecule has 4 N–H and O–H groups in total. The van der Waals surface area contributed by atoms with Crippen LogP contribution >= 0.6 is 0 Å². The van der Waals surface area contributed by atoms with E-state index in [0.29, 0.717) is 71.8 Å². The van der Waals surface area contributed by atoms with Gasteiger partial charge in [0.1, 0.15) is 30.4 Å². The number of piperazine rings is 1. The molecule has 3 aromatic heterocycles. The lowest BCUT2D eigenvalue weighted by Gasteiger charge is -2.43. The number of aromatic hydroxyl groups is 1. The van der Waals surface area contributed by atoms with Gasteiger partial charge in [0.2, 0.25) is 17.7 Å². The van der Waals surface area contributed by atoms with Crippen molar-refractivity contribution in [2.45, 2.75) is 121 Å². The predicted octanol–water partition coefficient (Wildman–Crippen LogP) is 6.62. The van der Waals surface area contributed by atoms with E-state index in [0.717, 1.165) is 94.6 Å². The molecule has 2 bridgehead atoms. The fourth-order valence-electron chi connectivity index (χ4n) is 11.3. The molecule has 1 saturated carbocycles. The Hall–Kier alpha value is -6.97. The van der Waals surface area contributed by atoms with Crippen LogP contribution in [-0.4, -0.2) is 129 Å². The van der Waals surface area contributed by atoms with Gasteiger partial charge in [0, 0.05) is 93.8 Å². The summed E-state index contributed by atoms with van der Waals surface area (Å²) in [6.07, 6.45) is 9.31. The van der Waals surface area contributed by atoms with Gasteiger partial charge in [-0.2, -0.15) is 5.26 Å². The topological polar surface area (TPSA) is 222 Å². The van der Waals surface area contributed by atoms with Gasteiger partial charge >= 0.3 is 0 Å². The van der Waals surface area contributed by atoms with Crippen molar-refractivity contribution in [1.29, 1.82) is 5.26 Å². The number of phenolic OH excluding ortho intramolecular Hbond substituents is 1. The molecule has 5 atom stereocenters. The molecule has 0 radical (unpaired) electrons. The van der Waals surface area contributed by atoms with Crippen LogP contribution in [0.1, 0.15) is 101 Å². The first-order valence-electron chi connectivity index (χ1n) is 25.6. The van der Waals surface area contributed by atoms with Gasteiger partial charge in [-0.15, -0.1) is 10.2 Å². The third-order valence-corrected chi connectivity index (χ3v) is 15.2. The molecule has 18 nitrogen and oxygen atoms in total. The van der Waals surface area contributed by atoms with E-state index in [2.05, 4.69) is 58.6 Å². The molecular formula is C54H65N11O7. The standard InChI is InChI=1S/C54H65N11O7/c1-33(2)51(54(68)64-20-6-8-45(64)53(67)58-34(3)36-12-10-35(30-55)11-13-36)48-29-50(61-72-48)69-24-23-62-21-17-40(18-22-62)70-41-26-42(27-41)71-49-25-37(16-19-57-49)65-38-14-15-39(65)32-63(31-38)46-28-44(59-60-52(46)56)43-7-4-5-9-47(43)66/h4-5,7,9-13,16,19,25,28-29,33-34,38-42,45,51,66H,6,8,14-15,17-18,20-24,26-27,31-32H2,1-3H3,(H2,56,60)(H,58,67)/t34-,38?,39?,41-,42-,45-,51?/m0/s1. The van der Waals surface area contributed by atoms with E-state index in [1.54, 1.807) is 35.2 Å². The van der Waals surface area contributed by atoms with Gasteiger partial charge in [0.15, 0.2) is 11.6 Å². The van der Waals surface area contributed by atoms with Gasteiger partial charge in [0.05, 0.1) is 41.3 Å². The Labute approximate surface area is 420 Å². The maximum Gasteiger partial charge on any atom is 0.254 e. The number of nitrogen functional groups attached to an aromatic ring is 1. The molecule has 0 spiro atoms. The number of carbonyl (C=O) groups is 2. The van der Waals surface area contributed by atoms with E-state index in [9.17, 15) is 14.7 Å². The lowest BCUT2D eigenvalue weighted by Crippen LogP contribution is -2.54. The van der Waals surface area contributed by atoms with E-state index in [1.165, 1.54) is 0 Å². The highest BCUT2D eigenvalue weighted by Gasteiger charge is 2.43. The summed E-state index contributed by atoms with van der Waals surface area (Å²) in [7, 11) is 0. The summed E-state index contributed by atoms with van der Waals surface area (Å²) in [6, 6.07) is 23.9. The maximum absolute atomic E-state index is 14.1. The minimum absolute atomic E-state index is 0.0643. The second-order valence-corrected chi connectivity index (χ2v) is 20.4. The summed E-state index contributed by atoms with van der Waals surface area (Å²) in [4.78, 5) is 41.0. The van der Waals surface area contributed by atoms with Crippen LogP contribution in [0.2, 0.25) is 0 Å². The van der Waals surface area contributed by atoms with Crippen molar-refractivity contribution >= 4 is 29.0 Å². The van der Waals surface area contributed by atoms with Crippen LogP contribution in [0.3, 0.4) is 0 Å². The summed E-state index contributed by atoms with van der Waals surface area (Å²) in [6.45, 7) is 10.9. The van der Waals surface area contributed by atoms with Gasteiger partial charge in [0.25, 0.3) is 5.88 Å². The van der Waals surface area contributed by atoms with Crippen molar-refractivity contribution in [1.82, 2.24) is 35.5 Å². The number of nitriles is 1. The number of fused-ring (bicyclic) bond motifs is 2. The zero-order valence-electron chi connectivity index (χ0n) is 41.3. The van der Waals surface area contributed by atoms with Crippen LogP contribution in [0.25, 0.3) is 11.3 Å². The molecule has 1 aliphatic carbocycles. The average Bonchev–Trinajstić information content (AvgIpc) is 4.12. The molecule has 4 saturated heterocycles. The van der Waals surface area contributed by atoms with Crippen molar-refractivity contribution in [3.8, 4) is 34.8 Å². The molecule has 3 unspecified atom stereocenters. The van der Waals surface area contributed by atoms with Crippen LogP contribution in [0.15, 0.2) is 83.5 Å². The highest BCUT2D eigenvalue weighted by atomic mass is 16.5. The van der Waals surface area contributed by atoms with E-state index >= 15 is 0 Å². The van der Waals surface area contributed by atoms with Gasteiger partial charge in [-0.1, -0.05) is 38.1 Å². The number of rotatable bonds is 17. The Morgan fingerprint density at radius 3 is 2.40 bits per heavy atom. The smallest absolute Gasteiger partial charge is 0.254 e. The highest BCUT2D eigenvalue weighted by Crippen LogP contribution is 2.41. The lowest BCUT2D eigenvalue weighted by molar-refractivity contribution is -0.141. The molecule has 5 aliphatic rings. The molecule has 2 amide bonds. The third-order valence-electron chi connectivity index (χ3n) is 15.2. The van der Waals surface area contributed by atoms with Crippen LogP contribution < -0.4 is 30.3 Å². The van der Waals surface area contributed by atoms with Crippen molar-refractivity contribution in [3.05, 3.63) is 95.9 Å². The van der Waals surface area contributed by atoms with Crippen molar-refractivity contribution in [3.63, 3.8) is 0 Å². The average molecular weight is 980 g/mol. The summed E-state index contributed by atoms with van der Waals surface area (Å²) in [5.74, 6) is 0.898. The van der Waals surface area contributed by atoms with Gasteiger partial charge in [-0.25, -0.2) is 4.98 Å². The number of pyridine rings is 1. The first-order chi connectivity index (χ1) is 35.0. The zero-order chi connectivity index (χ0) is 49.9. The Balaban J connectivity index is 0.638. The molecule has 5 aromatic rings. The normalized spacial score (nSPS) is 23.1. The summed E-state index contributed by atoms with van der Waals surface area (Å²) in [5.41, 5.74) is 11.0. The van der Waals surface area contributed by atoms with Gasteiger partial charge in [-0.05, 0) is 98.5 Å². The minimum atomic E-state index is -0.612. The summed E-state index contributed by atoms with van der Waals surface area (Å²) >= 11 is 0. The number of piperidine rings is 1. The molecular weight excluding hydrogens is 915 g/mol. The Morgan fingerprint density at radius 1 is 0.903 bits per heavy atom. The number of anilines is 3. The number of nitrogens with one attached hydrogen (secondary N) is 1. The first kappa shape index (κ1) is 48.6. The quantitative estimate of drug-likeness (QED) is 0.0891. The number of ether oxygens (including phenoxy) is 3. The van der Waals surface area contributed by atoms with E-state index in [4.69, 9.17) is 29.7 Å². The number of phenols is 1. The largest absolute Gasteiger partial charge is 0.507 e. The molecule has 4 aliphatic heterocycles. The van der Waals surface area contributed by atoms with Crippen LogP contribution in [0.4, 0.5) is 17.2 Å². The minimum Gasteiger partial charge on any atom is -0.507 e. The van der Waals surface area contributed by atoms with Crippen LogP contribution in [-0.2, 0) is 14.3 Å². The fraction of sp³-hybridized carbons (Fsp3) is 0.500. The number of carbonyl (C=O) groups excluding carboxylic acids is 2. The van der Waals surface area contributed by atoms with Crippen molar-refractivity contribution in [2.24, 2.45) is 5.92 Å². The second kappa shape index (κ2) is 21.4. The van der Waals surface area contributed by atoms with Gasteiger partial charge < -0.3 is 49.6 Å². The van der Waals surface area contributed by atoms with Crippen LogP contribution in [0.5, 0.6) is 17.5 Å². The number of nitrogens with zero attached hydrogens (tertiary/aromatic N) is 9. The van der Waals surface area contributed by atoms with E-state index in [-0.39, 0.29) is 47.8 Å². The Morgan fingerprint density at radius 2 is 1.67 bits per heavy atom. The van der Waals surface area contributed by atoms with Gasteiger partial charge in [-0.3, -0.25) is 14.5 Å². The number of hydrogen-bond acceptors (Lipinski definition) is 16. The maximum atomic E-state index is 14.1. The van der Waals surface area contributed by atoms with E-state index in [1.807, 2.05) is 57.3 Å². The fourth-order valence-corrected chi connectivity index (χ4v) is 11.3. The monoisotopic (exact) mass is 980 g/mol. The highest BCUT2D eigenvalue weighted by molar-refractivity contribution is 5.91. The molecule has 72 heavy (non-hydrogen) atoms. The Kier molecular flexibility index (Phi) is 14.5. The number of likely N-dealkylation sites (tertiary alicyclic amines) is 2. The third kappa shape index (κ3) is 10.6. The zero-order valence-corrected chi connectivity index (χ0v) is 41.3. The SMILES string of the molecule is CC(C)C(C(=O)N1CCC[C@H]1C(=O)N[C@@H](C)c1ccc(C#N)cc1)c1cc(OCCN2CCC(O[C@H]3C[C@H](Oc4cc(N5C6CCC5CN(c5cc(-c7ccccc7O)nnc5N)C6)ccn4)C3)CC2)no1. The number of benzene rings is 2. The number of aromatic nitrogens is 4. The van der Waals surface area contributed by atoms with Crippen molar-refractivity contribution in [2.75, 3.05) is 61.4 Å². The Bertz CT molecular complexity index is 2720. The molecule has 5 fully saturated rings. The molecule has 10 rings (SSSR count). The lowest BCUT2D eigenvalue weighted by atomic mass is 9.91. The number of para-hydroxylation sites is 1. The first-order valence-corrected chi connectivity index (χ1v) is 25.6. The molecule has 2 aromatic carbocycles. The summed E-state index contributed by atoms with van der Waals surface area (Å²) < 4.78 is 24.7. The molecule has 18 heteroatoms. The molecule has 378 valence electrons. The summed E-state index contributed by atoms with van der Waals surface area (Å²) in [5, 5.41) is 35.4. The second-order valence-electron chi connectivity index (χ2n) is 20.4. The van der Waals surface area contributed by atoms with E-state index < -0.39 is 12.0 Å². The predicted molar refractivity (Wildman–Crippen MR) is 269 cm³/mol. The van der Waals surface area contributed by atoms with Crippen LogP contribution in [0, 0.1) is 17.2 Å². The number of hydrogen-bond donors (Lipinski definition) is 3. The number of nitrogens with two attached hydrogens (primary N) is 1. The molecule has 7 heterocycles. The van der Waals surface area contributed by atoms with Crippen molar-refractivity contribution < 1.29 is 33.4 Å².